The summed E-state index contributed by atoms with van der Waals surface area (Å²) in [5, 5.41) is 11.5. The number of rotatable bonds is 4. The van der Waals surface area contributed by atoms with Gasteiger partial charge in [0.25, 0.3) is 11.7 Å². The van der Waals surface area contributed by atoms with Crippen molar-refractivity contribution >= 4 is 40.5 Å². The van der Waals surface area contributed by atoms with Gasteiger partial charge in [-0.15, -0.1) is 0 Å². The van der Waals surface area contributed by atoms with E-state index in [9.17, 15) is 19.5 Å². The van der Waals surface area contributed by atoms with Crippen molar-refractivity contribution < 1.29 is 19.5 Å². The highest BCUT2D eigenvalue weighted by Gasteiger charge is 2.46. The molecule has 0 saturated carbocycles. The van der Waals surface area contributed by atoms with Crippen LogP contribution in [-0.4, -0.2) is 22.6 Å². The van der Waals surface area contributed by atoms with Crippen molar-refractivity contribution in [2.75, 3.05) is 4.90 Å². The van der Waals surface area contributed by atoms with Crippen molar-refractivity contribution in [3.63, 3.8) is 0 Å². The zero-order valence-electron chi connectivity index (χ0n) is 16.6. The van der Waals surface area contributed by atoms with Crippen molar-refractivity contribution in [1.29, 1.82) is 0 Å². The highest BCUT2D eigenvalue weighted by Crippen LogP contribution is 2.42. The molecule has 1 fully saturated rings. The van der Waals surface area contributed by atoms with Gasteiger partial charge >= 0.3 is 0 Å². The highest BCUT2D eigenvalue weighted by molar-refractivity contribution is 6.51. The van der Waals surface area contributed by atoms with Crippen LogP contribution in [0.4, 0.5) is 5.69 Å². The summed E-state index contributed by atoms with van der Waals surface area (Å²) in [5.74, 6) is -1.90. The van der Waals surface area contributed by atoms with E-state index in [1.54, 1.807) is 72.8 Å². The van der Waals surface area contributed by atoms with Crippen LogP contribution < -0.4 is 4.90 Å². The zero-order valence-corrected chi connectivity index (χ0v) is 17.3. The second kappa shape index (κ2) is 8.20. The number of hydrogen-bond donors (Lipinski definition) is 1. The maximum Gasteiger partial charge on any atom is 0.300 e. The molecule has 154 valence electrons. The summed E-state index contributed by atoms with van der Waals surface area (Å²) in [6.45, 7) is 1.46. The Hall–Kier alpha value is -3.70. The van der Waals surface area contributed by atoms with Gasteiger partial charge < -0.3 is 5.11 Å². The Morgan fingerprint density at radius 2 is 1.45 bits per heavy atom. The average Bonchev–Trinajstić information content (AvgIpc) is 3.05. The van der Waals surface area contributed by atoms with Crippen LogP contribution in [0.1, 0.15) is 34.5 Å². The molecule has 1 heterocycles. The van der Waals surface area contributed by atoms with Crippen LogP contribution in [0.25, 0.3) is 5.76 Å². The first-order valence-electron chi connectivity index (χ1n) is 9.61. The van der Waals surface area contributed by atoms with Gasteiger partial charge in [-0.2, -0.15) is 0 Å². The van der Waals surface area contributed by atoms with E-state index >= 15 is 0 Å². The maximum absolute atomic E-state index is 13.1. The largest absolute Gasteiger partial charge is 0.507 e. The van der Waals surface area contributed by atoms with Crippen LogP contribution in [-0.2, 0) is 9.59 Å². The third-order valence-electron chi connectivity index (χ3n) is 5.23. The molecular weight excluding hydrogens is 414 g/mol. The number of amides is 1. The van der Waals surface area contributed by atoms with Crippen molar-refractivity contribution in [2.24, 2.45) is 0 Å². The molecule has 4 rings (SSSR count). The number of aliphatic hydroxyl groups excluding tert-OH is 1. The van der Waals surface area contributed by atoms with Gasteiger partial charge in [0.05, 0.1) is 11.6 Å². The molecule has 5 nitrogen and oxygen atoms in total. The van der Waals surface area contributed by atoms with Crippen LogP contribution in [0.15, 0.2) is 84.4 Å². The van der Waals surface area contributed by atoms with Crippen LogP contribution >= 0.6 is 11.6 Å². The van der Waals surface area contributed by atoms with Crippen LogP contribution in [0.2, 0.25) is 5.02 Å². The Morgan fingerprint density at radius 1 is 0.871 bits per heavy atom. The number of anilines is 1. The smallest absolute Gasteiger partial charge is 0.300 e. The van der Waals surface area contributed by atoms with Gasteiger partial charge in [0.15, 0.2) is 5.78 Å². The molecule has 6 heteroatoms. The number of carbonyl (C=O) groups excluding carboxylic acids is 3. The minimum absolute atomic E-state index is 0.00540. The molecule has 1 N–H and O–H groups in total. The first kappa shape index (κ1) is 20.6. The number of ketones is 2. The minimum Gasteiger partial charge on any atom is -0.507 e. The van der Waals surface area contributed by atoms with E-state index in [1.165, 1.54) is 11.8 Å². The van der Waals surface area contributed by atoms with E-state index in [0.29, 0.717) is 27.4 Å². The second-order valence-corrected chi connectivity index (χ2v) is 7.63. The predicted molar refractivity (Wildman–Crippen MR) is 119 cm³/mol. The molecule has 3 aromatic rings. The van der Waals surface area contributed by atoms with Crippen LogP contribution in [0.3, 0.4) is 0 Å². The summed E-state index contributed by atoms with van der Waals surface area (Å²) in [6.07, 6.45) is 0. The molecule has 0 radical (unpaired) electrons. The molecule has 3 aromatic carbocycles. The van der Waals surface area contributed by atoms with Gasteiger partial charge in [-0.05, 0) is 61.0 Å². The fraction of sp³-hybridized carbons (Fsp3) is 0.0800. The van der Waals surface area contributed by atoms with Crippen molar-refractivity contribution in [2.45, 2.75) is 13.0 Å². The van der Waals surface area contributed by atoms with Crippen LogP contribution in [0, 0.1) is 0 Å². The lowest BCUT2D eigenvalue weighted by molar-refractivity contribution is -0.132. The molecule has 0 unspecified atom stereocenters. The number of benzene rings is 3. The third-order valence-corrected chi connectivity index (χ3v) is 5.48. The second-order valence-electron chi connectivity index (χ2n) is 7.19. The lowest BCUT2D eigenvalue weighted by Gasteiger charge is -2.25. The Morgan fingerprint density at radius 3 is 2.03 bits per heavy atom. The quantitative estimate of drug-likeness (QED) is 0.267. The first-order valence-corrected chi connectivity index (χ1v) is 9.99. The molecule has 0 aromatic heterocycles. The molecule has 1 amide bonds. The van der Waals surface area contributed by atoms with E-state index in [0.717, 1.165) is 0 Å². The molecule has 0 bridgehead atoms. The Bertz CT molecular complexity index is 1200. The summed E-state index contributed by atoms with van der Waals surface area (Å²) in [7, 11) is 0. The van der Waals surface area contributed by atoms with Gasteiger partial charge in [-0.25, -0.2) is 0 Å². The lowest BCUT2D eigenvalue weighted by Crippen LogP contribution is -2.29. The SMILES string of the molecule is CC(=O)c1ccc(N2C(=O)C(=O)/C(=C(/O)c3ccc(Cl)cc3)[C@H]2c2ccccc2)cc1. The van der Waals surface area contributed by atoms with Crippen molar-refractivity contribution in [3.05, 3.63) is 106 Å². The lowest BCUT2D eigenvalue weighted by atomic mass is 9.95. The summed E-state index contributed by atoms with van der Waals surface area (Å²) in [6, 6.07) is 21.1. The number of aliphatic hydroxyl groups is 1. The van der Waals surface area contributed by atoms with E-state index < -0.39 is 17.7 Å². The number of nitrogens with zero attached hydrogens (tertiary/aromatic N) is 1. The fourth-order valence-corrected chi connectivity index (χ4v) is 3.80. The van der Waals surface area contributed by atoms with E-state index in [1.807, 2.05) is 6.07 Å². The van der Waals surface area contributed by atoms with Gasteiger partial charge in [0.2, 0.25) is 0 Å². The Labute approximate surface area is 184 Å². The Balaban J connectivity index is 1.90. The van der Waals surface area contributed by atoms with Gasteiger partial charge in [0, 0.05) is 21.8 Å². The molecular formula is C25H18ClNO4. The summed E-state index contributed by atoms with van der Waals surface area (Å²) in [4.78, 5) is 39.1. The van der Waals surface area contributed by atoms with E-state index in [-0.39, 0.29) is 17.1 Å². The van der Waals surface area contributed by atoms with Gasteiger partial charge in [0.1, 0.15) is 5.76 Å². The average molecular weight is 432 g/mol. The molecule has 1 aliphatic rings. The van der Waals surface area contributed by atoms with Crippen molar-refractivity contribution in [1.82, 2.24) is 0 Å². The normalized spacial score (nSPS) is 17.7. The molecule has 1 atom stereocenters. The highest BCUT2D eigenvalue weighted by atomic mass is 35.5. The standard InChI is InChI=1S/C25H18ClNO4/c1-15(28)16-9-13-20(14-10-16)27-22(17-5-3-2-4-6-17)21(24(30)25(27)31)23(29)18-7-11-19(26)12-8-18/h2-14,22,29H,1H3/b23-21+/t22-/m1/s1. The number of halogens is 1. The Kier molecular flexibility index (Phi) is 5.44. The molecule has 0 aliphatic carbocycles. The van der Waals surface area contributed by atoms with E-state index in [4.69, 9.17) is 11.6 Å². The van der Waals surface area contributed by atoms with Crippen molar-refractivity contribution in [3.8, 4) is 0 Å². The van der Waals surface area contributed by atoms with Gasteiger partial charge in [-0.1, -0.05) is 41.9 Å². The maximum atomic E-state index is 13.1. The molecule has 1 saturated heterocycles. The zero-order chi connectivity index (χ0) is 22.1. The topological polar surface area (TPSA) is 74.7 Å². The minimum atomic E-state index is -0.819. The molecule has 31 heavy (non-hydrogen) atoms. The number of Topliss-reactive ketones (excluding diaryl/α,β-unsaturated/α-hetero) is 2. The summed E-state index contributed by atoms with van der Waals surface area (Å²) in [5.41, 5.74) is 2.01. The predicted octanol–water partition coefficient (Wildman–Crippen LogP) is 5.17. The first-order chi connectivity index (χ1) is 14.9. The van der Waals surface area contributed by atoms with Crippen LogP contribution in [0.5, 0.6) is 0 Å². The number of carbonyl (C=O) groups is 3. The molecule has 1 aliphatic heterocycles. The number of hydrogen-bond acceptors (Lipinski definition) is 4. The summed E-state index contributed by atoms with van der Waals surface area (Å²) >= 11 is 5.94. The van der Waals surface area contributed by atoms with E-state index in [2.05, 4.69) is 0 Å². The molecule has 0 spiro atoms. The fourth-order valence-electron chi connectivity index (χ4n) is 3.67. The van der Waals surface area contributed by atoms with Gasteiger partial charge in [-0.3, -0.25) is 19.3 Å². The monoisotopic (exact) mass is 431 g/mol. The third kappa shape index (κ3) is 3.76. The summed E-state index contributed by atoms with van der Waals surface area (Å²) < 4.78 is 0.